The second-order valence-corrected chi connectivity index (χ2v) is 6.19. The van der Waals surface area contributed by atoms with E-state index in [1.807, 2.05) is 0 Å². The van der Waals surface area contributed by atoms with Gasteiger partial charge >= 0.3 is 0 Å². The lowest BCUT2D eigenvalue weighted by atomic mass is 9.99. The summed E-state index contributed by atoms with van der Waals surface area (Å²) in [5, 5.41) is 3.45. The van der Waals surface area contributed by atoms with Gasteiger partial charge < -0.3 is 5.73 Å². The van der Waals surface area contributed by atoms with E-state index in [1.54, 1.807) is 11.3 Å². The first-order valence-electron chi connectivity index (χ1n) is 6.90. The molecule has 102 valence electrons. The molecule has 3 aromatic rings. The van der Waals surface area contributed by atoms with Gasteiger partial charge in [-0.1, -0.05) is 49.4 Å². The Hall–Kier alpha value is -1.71. The van der Waals surface area contributed by atoms with Crippen molar-refractivity contribution >= 4 is 22.1 Å². The number of rotatable bonds is 3. The summed E-state index contributed by atoms with van der Waals surface area (Å²) < 4.78 is 0. The molecule has 0 saturated heterocycles. The van der Waals surface area contributed by atoms with Crippen LogP contribution in [0.2, 0.25) is 0 Å². The molecule has 3 rings (SSSR count). The van der Waals surface area contributed by atoms with E-state index in [1.165, 1.54) is 21.3 Å². The fraction of sp³-hybridized carbons (Fsp3) is 0.235. The van der Waals surface area contributed by atoms with Crippen molar-refractivity contribution in [3.63, 3.8) is 0 Å². The molecule has 2 aromatic carbocycles. The minimum absolute atomic E-state index is 0.148. The summed E-state index contributed by atoms with van der Waals surface area (Å²) >= 11 is 1.71. The van der Waals surface area contributed by atoms with Crippen molar-refractivity contribution in [2.45, 2.75) is 26.3 Å². The van der Waals surface area contributed by atoms with Crippen LogP contribution in [0, 0.1) is 6.92 Å². The van der Waals surface area contributed by atoms with Crippen LogP contribution in [-0.2, 0) is 6.42 Å². The first-order chi connectivity index (χ1) is 9.70. The van der Waals surface area contributed by atoms with E-state index in [0.29, 0.717) is 0 Å². The number of thiazole rings is 1. The number of benzene rings is 2. The number of hydrogen-bond acceptors (Lipinski definition) is 3. The summed E-state index contributed by atoms with van der Waals surface area (Å²) in [6.07, 6.45) is 0.963. The molecular weight excluding hydrogens is 264 g/mol. The second-order valence-electron chi connectivity index (χ2n) is 4.95. The molecule has 2 N–H and O–H groups in total. The molecule has 0 fully saturated rings. The van der Waals surface area contributed by atoms with Crippen molar-refractivity contribution in [1.82, 2.24) is 4.98 Å². The lowest BCUT2D eigenvalue weighted by Crippen LogP contribution is -2.12. The first-order valence-corrected chi connectivity index (χ1v) is 7.71. The lowest BCUT2D eigenvalue weighted by Gasteiger charge is -2.12. The summed E-state index contributed by atoms with van der Waals surface area (Å²) in [6, 6.07) is 14.5. The van der Waals surface area contributed by atoms with Gasteiger partial charge in [-0.2, -0.15) is 0 Å². The molecule has 0 bridgehead atoms. The Labute approximate surface area is 123 Å². The van der Waals surface area contributed by atoms with Gasteiger partial charge in [0.15, 0.2) is 0 Å². The zero-order valence-electron chi connectivity index (χ0n) is 11.8. The molecular formula is C17H18N2S. The Balaban J connectivity index is 2.10. The lowest BCUT2D eigenvalue weighted by molar-refractivity contribution is 0.852. The average Bonchev–Trinajstić information content (AvgIpc) is 2.87. The van der Waals surface area contributed by atoms with Crippen LogP contribution in [0.3, 0.4) is 0 Å². The standard InChI is InChI=1S/C17H18N2S/c1-3-15-11(2)20-17(19-15)16(18)14-10-6-8-12-7-4-5-9-13(12)14/h4-10,16H,3,18H2,1-2H3. The van der Waals surface area contributed by atoms with E-state index in [9.17, 15) is 0 Å². The van der Waals surface area contributed by atoms with Crippen molar-refractivity contribution in [2.75, 3.05) is 0 Å². The first kappa shape index (κ1) is 13.3. The van der Waals surface area contributed by atoms with E-state index < -0.39 is 0 Å². The van der Waals surface area contributed by atoms with Gasteiger partial charge in [0.25, 0.3) is 0 Å². The molecule has 1 unspecified atom stereocenters. The highest BCUT2D eigenvalue weighted by atomic mass is 32.1. The highest BCUT2D eigenvalue weighted by molar-refractivity contribution is 7.11. The summed E-state index contributed by atoms with van der Waals surface area (Å²) in [6.45, 7) is 4.26. The Kier molecular flexibility index (Phi) is 3.55. The average molecular weight is 282 g/mol. The molecule has 1 heterocycles. The summed E-state index contributed by atoms with van der Waals surface area (Å²) in [5.74, 6) is 0. The Bertz CT molecular complexity index is 740. The molecule has 0 spiro atoms. The van der Waals surface area contributed by atoms with Gasteiger partial charge in [-0.3, -0.25) is 0 Å². The van der Waals surface area contributed by atoms with Crippen LogP contribution in [0.5, 0.6) is 0 Å². The van der Waals surface area contributed by atoms with Gasteiger partial charge in [0.2, 0.25) is 0 Å². The van der Waals surface area contributed by atoms with Crippen molar-refractivity contribution in [2.24, 2.45) is 5.73 Å². The van der Waals surface area contributed by atoms with Gasteiger partial charge in [-0.15, -0.1) is 11.3 Å². The molecule has 2 nitrogen and oxygen atoms in total. The molecule has 0 aliphatic carbocycles. The maximum Gasteiger partial charge on any atom is 0.114 e. The predicted octanol–water partition coefficient (Wildman–Crippen LogP) is 4.22. The van der Waals surface area contributed by atoms with Gasteiger partial charge in [0.1, 0.15) is 5.01 Å². The zero-order valence-corrected chi connectivity index (χ0v) is 12.6. The minimum Gasteiger partial charge on any atom is -0.318 e. The molecule has 0 amide bonds. The van der Waals surface area contributed by atoms with Crippen molar-refractivity contribution in [1.29, 1.82) is 0 Å². The van der Waals surface area contributed by atoms with Gasteiger partial charge in [0.05, 0.1) is 11.7 Å². The third-order valence-electron chi connectivity index (χ3n) is 3.67. The molecule has 20 heavy (non-hydrogen) atoms. The number of hydrogen-bond donors (Lipinski definition) is 1. The summed E-state index contributed by atoms with van der Waals surface area (Å²) in [4.78, 5) is 5.98. The quantitative estimate of drug-likeness (QED) is 0.781. The van der Waals surface area contributed by atoms with Gasteiger partial charge in [-0.25, -0.2) is 4.98 Å². The second kappa shape index (κ2) is 5.35. The molecule has 1 aromatic heterocycles. The van der Waals surface area contributed by atoms with Crippen LogP contribution < -0.4 is 5.73 Å². The largest absolute Gasteiger partial charge is 0.318 e. The fourth-order valence-corrected chi connectivity index (χ4v) is 3.60. The van der Waals surface area contributed by atoms with E-state index in [0.717, 1.165) is 17.0 Å². The highest BCUT2D eigenvalue weighted by Gasteiger charge is 2.17. The summed E-state index contributed by atoms with van der Waals surface area (Å²) in [7, 11) is 0. The topological polar surface area (TPSA) is 38.9 Å². The monoisotopic (exact) mass is 282 g/mol. The van der Waals surface area contributed by atoms with Crippen LogP contribution in [0.15, 0.2) is 42.5 Å². The number of fused-ring (bicyclic) bond motifs is 1. The molecule has 0 aliphatic heterocycles. The number of nitrogens with two attached hydrogens (primary N) is 1. The minimum atomic E-state index is -0.148. The number of nitrogens with zero attached hydrogens (tertiary/aromatic N) is 1. The van der Waals surface area contributed by atoms with Gasteiger partial charge in [-0.05, 0) is 29.7 Å². The van der Waals surface area contributed by atoms with Crippen LogP contribution in [-0.4, -0.2) is 4.98 Å². The van der Waals surface area contributed by atoms with Crippen molar-refractivity contribution in [3.8, 4) is 0 Å². The Morgan fingerprint density at radius 2 is 1.90 bits per heavy atom. The number of aromatic nitrogens is 1. The molecule has 0 aliphatic rings. The van der Waals surface area contributed by atoms with E-state index in [-0.39, 0.29) is 6.04 Å². The molecule has 1 atom stereocenters. The molecule has 0 saturated carbocycles. The maximum absolute atomic E-state index is 6.47. The van der Waals surface area contributed by atoms with Crippen LogP contribution in [0.4, 0.5) is 0 Å². The van der Waals surface area contributed by atoms with Crippen molar-refractivity contribution in [3.05, 3.63) is 63.6 Å². The Morgan fingerprint density at radius 3 is 2.65 bits per heavy atom. The maximum atomic E-state index is 6.47. The van der Waals surface area contributed by atoms with E-state index >= 15 is 0 Å². The van der Waals surface area contributed by atoms with Gasteiger partial charge in [0, 0.05) is 4.88 Å². The van der Waals surface area contributed by atoms with Crippen molar-refractivity contribution < 1.29 is 0 Å². The van der Waals surface area contributed by atoms with Crippen LogP contribution in [0.1, 0.15) is 34.1 Å². The Morgan fingerprint density at radius 1 is 1.15 bits per heavy atom. The van der Waals surface area contributed by atoms with E-state index in [4.69, 9.17) is 10.7 Å². The molecule has 3 heteroatoms. The summed E-state index contributed by atoms with van der Waals surface area (Å²) in [5.41, 5.74) is 8.79. The smallest absolute Gasteiger partial charge is 0.114 e. The number of aryl methyl sites for hydroxylation is 2. The van der Waals surface area contributed by atoms with E-state index in [2.05, 4.69) is 56.3 Å². The third kappa shape index (κ3) is 2.23. The van der Waals surface area contributed by atoms with Crippen LogP contribution in [0.25, 0.3) is 10.8 Å². The fourth-order valence-electron chi connectivity index (χ4n) is 2.57. The molecule has 0 radical (unpaired) electrons. The normalized spacial score (nSPS) is 12.8. The highest BCUT2D eigenvalue weighted by Crippen LogP contribution is 2.30. The predicted molar refractivity (Wildman–Crippen MR) is 86.2 cm³/mol. The zero-order chi connectivity index (χ0) is 14.1. The van der Waals surface area contributed by atoms with Crippen LogP contribution >= 0.6 is 11.3 Å². The SMILES string of the molecule is CCc1nc(C(N)c2cccc3ccccc23)sc1C. The third-order valence-corrected chi connectivity index (χ3v) is 4.76.